The lowest BCUT2D eigenvalue weighted by molar-refractivity contribution is -0.155. The molecule has 3 rings (SSSR count). The van der Waals surface area contributed by atoms with E-state index in [1.54, 1.807) is 16.7 Å². The molecule has 7 nitrogen and oxygen atoms in total. The molecule has 0 aromatic heterocycles. The van der Waals surface area contributed by atoms with Gasteiger partial charge in [0.15, 0.2) is 6.61 Å². The standard InChI is InChI=1S/C19H21N3O4S2/c1-11-6-13(27-10-20)7-12(2)17(11)21-15(23)8-26-18(25)14-9-28-19(3)5-4-16(24)22(14)19/h6-7,14H,4-5,8-9H2,1-3H3,(H,21,23)/t14-,19+/m0/s1. The van der Waals surface area contributed by atoms with Crippen LogP contribution >= 0.6 is 23.5 Å². The zero-order valence-corrected chi connectivity index (χ0v) is 17.5. The third-order valence-corrected chi connectivity index (χ3v) is 7.06. The first-order chi connectivity index (χ1) is 13.2. The molecule has 2 aliphatic rings. The number of hydrogen-bond donors (Lipinski definition) is 1. The van der Waals surface area contributed by atoms with Gasteiger partial charge in [0.05, 0.1) is 4.87 Å². The average molecular weight is 420 g/mol. The molecule has 0 bridgehead atoms. The predicted molar refractivity (Wildman–Crippen MR) is 108 cm³/mol. The zero-order valence-electron chi connectivity index (χ0n) is 15.9. The minimum Gasteiger partial charge on any atom is -0.454 e. The van der Waals surface area contributed by atoms with Crippen LogP contribution in [-0.2, 0) is 19.1 Å². The molecule has 9 heteroatoms. The highest BCUT2D eigenvalue weighted by molar-refractivity contribution is 8.03. The third-order valence-electron chi connectivity index (χ3n) is 5.00. The Kier molecular flexibility index (Phi) is 5.91. The number of benzene rings is 1. The van der Waals surface area contributed by atoms with Crippen molar-refractivity contribution in [2.75, 3.05) is 17.7 Å². The lowest BCUT2D eigenvalue weighted by Gasteiger charge is -2.29. The van der Waals surface area contributed by atoms with Crippen molar-refractivity contribution >= 4 is 47.0 Å². The van der Waals surface area contributed by atoms with Crippen LogP contribution in [0.4, 0.5) is 5.69 Å². The average Bonchev–Trinajstić information content (AvgIpc) is 3.12. The van der Waals surface area contributed by atoms with E-state index in [4.69, 9.17) is 10.00 Å². The first-order valence-corrected chi connectivity index (χ1v) is 10.6. The number of thiocyanates is 1. The molecule has 2 heterocycles. The van der Waals surface area contributed by atoms with Crippen LogP contribution in [0.15, 0.2) is 17.0 Å². The first-order valence-electron chi connectivity index (χ1n) is 8.85. The summed E-state index contributed by atoms with van der Waals surface area (Å²) in [6.45, 7) is 5.23. The van der Waals surface area contributed by atoms with Gasteiger partial charge in [0.2, 0.25) is 5.91 Å². The molecule has 0 radical (unpaired) electrons. The van der Waals surface area contributed by atoms with E-state index in [9.17, 15) is 14.4 Å². The molecular formula is C19H21N3O4S2. The maximum atomic E-state index is 12.4. The number of ether oxygens (including phenoxy) is 1. The van der Waals surface area contributed by atoms with Gasteiger partial charge in [-0.15, -0.1) is 11.8 Å². The summed E-state index contributed by atoms with van der Waals surface area (Å²) in [5, 5.41) is 13.6. The van der Waals surface area contributed by atoms with E-state index < -0.39 is 24.5 Å². The summed E-state index contributed by atoms with van der Waals surface area (Å²) in [6, 6.07) is 3.00. The van der Waals surface area contributed by atoms with E-state index >= 15 is 0 Å². The number of nitriles is 1. The molecular weight excluding hydrogens is 398 g/mol. The van der Waals surface area contributed by atoms with Crippen molar-refractivity contribution in [1.29, 1.82) is 5.26 Å². The van der Waals surface area contributed by atoms with Crippen molar-refractivity contribution in [1.82, 2.24) is 4.90 Å². The minimum absolute atomic E-state index is 0.0412. The summed E-state index contributed by atoms with van der Waals surface area (Å²) in [5.41, 5.74) is 2.29. The number of thioether (sulfide) groups is 2. The summed E-state index contributed by atoms with van der Waals surface area (Å²) in [7, 11) is 0. The fourth-order valence-corrected chi connectivity index (χ4v) is 5.63. The molecule has 0 spiro atoms. The monoisotopic (exact) mass is 419 g/mol. The van der Waals surface area contributed by atoms with E-state index in [-0.39, 0.29) is 10.8 Å². The highest BCUT2D eigenvalue weighted by atomic mass is 32.2. The van der Waals surface area contributed by atoms with E-state index in [0.717, 1.165) is 34.2 Å². The minimum atomic E-state index is -0.636. The molecule has 0 saturated carbocycles. The molecule has 0 aliphatic carbocycles. The number of nitrogens with zero attached hydrogens (tertiary/aromatic N) is 2. The number of nitrogens with one attached hydrogen (secondary N) is 1. The van der Waals surface area contributed by atoms with Crippen molar-refractivity contribution in [2.45, 2.75) is 49.4 Å². The molecule has 0 unspecified atom stereocenters. The highest BCUT2D eigenvalue weighted by Crippen LogP contribution is 2.47. The van der Waals surface area contributed by atoms with Crippen molar-refractivity contribution < 1.29 is 19.1 Å². The van der Waals surface area contributed by atoms with Crippen LogP contribution < -0.4 is 5.32 Å². The Morgan fingerprint density at radius 3 is 2.75 bits per heavy atom. The number of amides is 2. The van der Waals surface area contributed by atoms with E-state index in [2.05, 4.69) is 5.32 Å². The summed E-state index contributed by atoms with van der Waals surface area (Å²) in [6.07, 6.45) is 1.16. The zero-order chi connectivity index (χ0) is 20.5. The maximum Gasteiger partial charge on any atom is 0.330 e. The van der Waals surface area contributed by atoms with E-state index in [1.165, 1.54) is 0 Å². The van der Waals surface area contributed by atoms with Crippen LogP contribution in [0.3, 0.4) is 0 Å². The van der Waals surface area contributed by atoms with Crippen LogP contribution in [0.2, 0.25) is 0 Å². The van der Waals surface area contributed by atoms with Crippen molar-refractivity contribution in [3.8, 4) is 5.40 Å². The maximum absolute atomic E-state index is 12.4. The summed E-state index contributed by atoms with van der Waals surface area (Å²) in [5.74, 6) is -0.545. The Hall–Kier alpha value is -2.18. The molecule has 1 aromatic rings. The molecule has 2 atom stereocenters. The van der Waals surface area contributed by atoms with E-state index in [0.29, 0.717) is 17.9 Å². The highest BCUT2D eigenvalue weighted by Gasteiger charge is 2.53. The van der Waals surface area contributed by atoms with Gasteiger partial charge in [-0.3, -0.25) is 9.59 Å². The number of rotatable bonds is 5. The van der Waals surface area contributed by atoms with Gasteiger partial charge in [0, 0.05) is 22.8 Å². The van der Waals surface area contributed by atoms with Crippen LogP contribution in [0.1, 0.15) is 30.9 Å². The number of esters is 1. The molecule has 2 saturated heterocycles. The Morgan fingerprint density at radius 1 is 1.43 bits per heavy atom. The molecule has 2 amide bonds. The normalized spacial score (nSPS) is 23.3. The number of anilines is 1. The first kappa shape index (κ1) is 20.6. The van der Waals surface area contributed by atoms with Gasteiger partial charge in [0.1, 0.15) is 11.4 Å². The number of carbonyl (C=O) groups excluding carboxylic acids is 3. The predicted octanol–water partition coefficient (Wildman–Crippen LogP) is 2.81. The smallest absolute Gasteiger partial charge is 0.330 e. The largest absolute Gasteiger partial charge is 0.454 e. The second-order valence-electron chi connectivity index (χ2n) is 7.05. The number of carbonyl (C=O) groups is 3. The number of hydrogen-bond acceptors (Lipinski definition) is 7. The van der Waals surface area contributed by atoms with Gasteiger partial charge < -0.3 is 15.0 Å². The van der Waals surface area contributed by atoms with Crippen LogP contribution in [0, 0.1) is 24.5 Å². The SMILES string of the molecule is Cc1cc(SC#N)cc(C)c1NC(=O)COC(=O)[C@@H]1CS[C@]2(C)CCC(=O)N12. The number of aryl methyl sites for hydroxylation is 2. The second-order valence-corrected chi connectivity index (χ2v) is 9.41. The van der Waals surface area contributed by atoms with Gasteiger partial charge >= 0.3 is 5.97 Å². The lowest BCUT2D eigenvalue weighted by atomic mass is 10.1. The Bertz CT molecular complexity index is 859. The molecule has 2 aliphatic heterocycles. The van der Waals surface area contributed by atoms with Crippen LogP contribution in [0.5, 0.6) is 0 Å². The summed E-state index contributed by atoms with van der Waals surface area (Å²) >= 11 is 2.64. The third kappa shape index (κ3) is 3.98. The fraction of sp³-hybridized carbons (Fsp3) is 0.474. The van der Waals surface area contributed by atoms with Gasteiger partial charge in [-0.25, -0.2) is 4.79 Å². The van der Waals surface area contributed by atoms with Crippen molar-refractivity contribution in [3.05, 3.63) is 23.3 Å². The Balaban J connectivity index is 1.59. The molecule has 1 N–H and O–H groups in total. The van der Waals surface area contributed by atoms with Crippen molar-refractivity contribution in [2.24, 2.45) is 0 Å². The van der Waals surface area contributed by atoms with E-state index in [1.807, 2.05) is 38.3 Å². The van der Waals surface area contributed by atoms with Gasteiger partial charge in [-0.05, 0) is 62.2 Å². The van der Waals surface area contributed by atoms with Gasteiger partial charge in [-0.2, -0.15) is 5.26 Å². The second kappa shape index (κ2) is 8.05. The Labute approximate surface area is 172 Å². The lowest BCUT2D eigenvalue weighted by Crippen LogP contribution is -2.47. The molecule has 28 heavy (non-hydrogen) atoms. The van der Waals surface area contributed by atoms with Gasteiger partial charge in [-0.1, -0.05) is 0 Å². The summed E-state index contributed by atoms with van der Waals surface area (Å²) < 4.78 is 5.20. The molecule has 2 fully saturated rings. The fourth-order valence-electron chi connectivity index (χ4n) is 3.64. The Morgan fingerprint density at radius 2 is 2.11 bits per heavy atom. The quantitative estimate of drug-likeness (QED) is 0.445. The number of fused-ring (bicyclic) bond motifs is 1. The summed E-state index contributed by atoms with van der Waals surface area (Å²) in [4.78, 5) is 38.9. The molecule has 1 aromatic carbocycles. The van der Waals surface area contributed by atoms with Crippen LogP contribution in [0.25, 0.3) is 0 Å². The molecule has 148 valence electrons. The van der Waals surface area contributed by atoms with Crippen molar-refractivity contribution in [3.63, 3.8) is 0 Å². The van der Waals surface area contributed by atoms with Gasteiger partial charge in [0.25, 0.3) is 5.91 Å². The topological polar surface area (TPSA) is 99.5 Å². The van der Waals surface area contributed by atoms with Crippen LogP contribution in [-0.4, -0.2) is 46.0 Å².